The van der Waals surface area contributed by atoms with Gasteiger partial charge in [0.25, 0.3) is 0 Å². The normalized spacial score (nSPS) is 12.2. The van der Waals surface area contributed by atoms with Gasteiger partial charge in [0, 0.05) is 9.37 Å². The lowest BCUT2D eigenvalue weighted by Crippen LogP contribution is -2.28. The maximum Gasteiger partial charge on any atom is 0.319 e. The summed E-state index contributed by atoms with van der Waals surface area (Å²) in [5.74, 6) is -0.176. The highest BCUT2D eigenvalue weighted by atomic mass is 79.9. The summed E-state index contributed by atoms with van der Waals surface area (Å²) in [6, 6.07) is 7.89. The minimum atomic E-state index is -0.425. The first-order valence-corrected chi connectivity index (χ1v) is 8.10. The van der Waals surface area contributed by atoms with E-state index in [-0.39, 0.29) is 11.2 Å². The van der Waals surface area contributed by atoms with Crippen LogP contribution in [0.25, 0.3) is 0 Å². The SMILES string of the molecule is CC.CC(Sc1ccc(Br)cc1)C(=O)OC(C)(C)C. The number of carbonyl (C=O) groups is 1. The van der Waals surface area contributed by atoms with Gasteiger partial charge in [-0.3, -0.25) is 4.79 Å². The van der Waals surface area contributed by atoms with E-state index in [1.54, 1.807) is 0 Å². The molecular formula is C15H23BrO2S. The van der Waals surface area contributed by atoms with Crippen LogP contribution in [0.15, 0.2) is 33.6 Å². The zero-order valence-electron chi connectivity index (χ0n) is 12.5. The standard InChI is InChI=1S/C13H17BrO2S.C2H6/c1-9(12(15)16-13(2,3)4)17-11-7-5-10(14)6-8-11;1-2/h5-9H,1-4H3;1-2H3. The van der Waals surface area contributed by atoms with Gasteiger partial charge in [-0.25, -0.2) is 0 Å². The lowest BCUT2D eigenvalue weighted by Gasteiger charge is -2.22. The molecule has 0 bridgehead atoms. The smallest absolute Gasteiger partial charge is 0.319 e. The van der Waals surface area contributed by atoms with Crippen molar-refractivity contribution in [2.75, 3.05) is 0 Å². The number of esters is 1. The minimum absolute atomic E-state index is 0.176. The van der Waals surface area contributed by atoms with Crippen LogP contribution in [0.2, 0.25) is 0 Å². The zero-order chi connectivity index (χ0) is 15.1. The molecule has 1 aromatic rings. The van der Waals surface area contributed by atoms with E-state index in [0.29, 0.717) is 0 Å². The first kappa shape index (κ1) is 18.5. The summed E-state index contributed by atoms with van der Waals surface area (Å²) in [5.41, 5.74) is -0.425. The molecule has 0 radical (unpaired) electrons. The van der Waals surface area contributed by atoms with Crippen molar-refractivity contribution in [2.45, 2.75) is 57.3 Å². The van der Waals surface area contributed by atoms with Crippen LogP contribution in [0.5, 0.6) is 0 Å². The Balaban J connectivity index is 0.00000154. The number of hydrogen-bond donors (Lipinski definition) is 0. The monoisotopic (exact) mass is 346 g/mol. The second-order valence-corrected chi connectivity index (χ2v) is 7.08. The molecule has 0 aliphatic carbocycles. The van der Waals surface area contributed by atoms with E-state index >= 15 is 0 Å². The predicted octanol–water partition coefficient (Wildman–Crippen LogP) is 5.30. The van der Waals surface area contributed by atoms with Crippen molar-refractivity contribution in [3.63, 3.8) is 0 Å². The summed E-state index contributed by atoms with van der Waals surface area (Å²) in [6.45, 7) is 11.5. The topological polar surface area (TPSA) is 26.3 Å². The second kappa shape index (κ2) is 8.64. The molecule has 2 nitrogen and oxygen atoms in total. The van der Waals surface area contributed by atoms with Crippen molar-refractivity contribution < 1.29 is 9.53 Å². The molecule has 0 aromatic heterocycles. The lowest BCUT2D eigenvalue weighted by atomic mass is 10.2. The van der Waals surface area contributed by atoms with Crippen molar-refractivity contribution in [1.29, 1.82) is 0 Å². The molecule has 1 aromatic carbocycles. The Morgan fingerprint density at radius 1 is 1.21 bits per heavy atom. The molecule has 0 amide bonds. The third-order valence-corrected chi connectivity index (χ3v) is 3.48. The Bertz CT molecular complexity index is 382. The number of hydrogen-bond acceptors (Lipinski definition) is 3. The summed E-state index contributed by atoms with van der Waals surface area (Å²) < 4.78 is 6.36. The zero-order valence-corrected chi connectivity index (χ0v) is 14.9. The Morgan fingerprint density at radius 2 is 1.68 bits per heavy atom. The van der Waals surface area contributed by atoms with Crippen molar-refractivity contribution in [3.05, 3.63) is 28.7 Å². The Morgan fingerprint density at radius 3 is 2.11 bits per heavy atom. The number of ether oxygens (including phenoxy) is 1. The van der Waals surface area contributed by atoms with Gasteiger partial charge in [0.1, 0.15) is 10.9 Å². The van der Waals surface area contributed by atoms with Crippen molar-refractivity contribution in [1.82, 2.24) is 0 Å². The molecule has 0 fully saturated rings. The largest absolute Gasteiger partial charge is 0.459 e. The van der Waals surface area contributed by atoms with Crippen molar-refractivity contribution in [3.8, 4) is 0 Å². The van der Waals surface area contributed by atoms with E-state index in [0.717, 1.165) is 9.37 Å². The Hall–Kier alpha value is -0.480. The fraction of sp³-hybridized carbons (Fsp3) is 0.533. The summed E-state index contributed by atoms with van der Waals surface area (Å²) in [7, 11) is 0. The van der Waals surface area contributed by atoms with Gasteiger partial charge in [-0.15, -0.1) is 11.8 Å². The third kappa shape index (κ3) is 8.32. The highest BCUT2D eigenvalue weighted by molar-refractivity contribution is 9.10. The van der Waals surface area contributed by atoms with Gasteiger partial charge in [0.05, 0.1) is 0 Å². The van der Waals surface area contributed by atoms with Gasteiger partial charge in [-0.05, 0) is 52.0 Å². The number of rotatable bonds is 3. The summed E-state index contributed by atoms with van der Waals surface area (Å²) in [5, 5.41) is -0.199. The van der Waals surface area contributed by atoms with Crippen LogP contribution in [0, 0.1) is 0 Å². The molecule has 1 rings (SSSR count). The maximum atomic E-state index is 11.8. The molecule has 0 aliphatic heterocycles. The molecule has 1 atom stereocenters. The van der Waals surface area contributed by atoms with Gasteiger partial charge < -0.3 is 4.74 Å². The van der Waals surface area contributed by atoms with Crippen molar-refractivity contribution in [2.24, 2.45) is 0 Å². The minimum Gasteiger partial charge on any atom is -0.459 e. The molecule has 19 heavy (non-hydrogen) atoms. The van der Waals surface area contributed by atoms with Crippen LogP contribution in [0.3, 0.4) is 0 Å². The van der Waals surface area contributed by atoms with E-state index in [4.69, 9.17) is 4.74 Å². The maximum absolute atomic E-state index is 11.8. The van der Waals surface area contributed by atoms with Gasteiger partial charge in [-0.2, -0.15) is 0 Å². The van der Waals surface area contributed by atoms with E-state index in [1.807, 2.05) is 65.8 Å². The fourth-order valence-electron chi connectivity index (χ4n) is 1.15. The molecule has 1 unspecified atom stereocenters. The average Bonchev–Trinajstić information content (AvgIpc) is 2.32. The molecule has 4 heteroatoms. The molecule has 0 heterocycles. The number of carbonyl (C=O) groups excluding carboxylic acids is 1. The molecule has 0 aliphatic rings. The first-order valence-electron chi connectivity index (χ1n) is 6.43. The molecule has 108 valence electrons. The molecule has 0 spiro atoms. The van der Waals surface area contributed by atoms with Crippen LogP contribution in [0.4, 0.5) is 0 Å². The molecule has 0 saturated heterocycles. The van der Waals surface area contributed by atoms with E-state index in [9.17, 15) is 4.79 Å². The van der Waals surface area contributed by atoms with Crippen LogP contribution in [-0.4, -0.2) is 16.8 Å². The number of thioether (sulfide) groups is 1. The summed E-state index contributed by atoms with van der Waals surface area (Å²) in [4.78, 5) is 12.8. The van der Waals surface area contributed by atoms with E-state index in [1.165, 1.54) is 11.8 Å². The Labute approximate surface area is 129 Å². The average molecular weight is 347 g/mol. The molecule has 0 N–H and O–H groups in total. The molecular weight excluding hydrogens is 324 g/mol. The van der Waals surface area contributed by atoms with Crippen molar-refractivity contribution >= 4 is 33.7 Å². The fourth-order valence-corrected chi connectivity index (χ4v) is 2.26. The lowest BCUT2D eigenvalue weighted by molar-refractivity contribution is -0.153. The van der Waals surface area contributed by atoms with Gasteiger partial charge >= 0.3 is 5.97 Å². The third-order valence-electron chi connectivity index (χ3n) is 1.87. The van der Waals surface area contributed by atoms with Crippen LogP contribution in [0.1, 0.15) is 41.5 Å². The highest BCUT2D eigenvalue weighted by Crippen LogP contribution is 2.26. The van der Waals surface area contributed by atoms with Gasteiger partial charge in [-0.1, -0.05) is 29.8 Å². The first-order chi connectivity index (χ1) is 8.78. The van der Waals surface area contributed by atoms with Gasteiger partial charge in [0.2, 0.25) is 0 Å². The number of halogens is 1. The predicted molar refractivity (Wildman–Crippen MR) is 86.7 cm³/mol. The summed E-state index contributed by atoms with van der Waals surface area (Å²) in [6.07, 6.45) is 0. The van der Waals surface area contributed by atoms with Crippen LogP contribution in [-0.2, 0) is 9.53 Å². The van der Waals surface area contributed by atoms with Crippen LogP contribution >= 0.6 is 27.7 Å². The summed E-state index contributed by atoms with van der Waals surface area (Å²) >= 11 is 4.89. The van der Waals surface area contributed by atoms with Crippen LogP contribution < -0.4 is 0 Å². The van der Waals surface area contributed by atoms with E-state index < -0.39 is 5.60 Å². The Kier molecular flexibility index (Phi) is 8.42. The second-order valence-electron chi connectivity index (χ2n) is 4.75. The van der Waals surface area contributed by atoms with Gasteiger partial charge in [0.15, 0.2) is 0 Å². The number of benzene rings is 1. The van der Waals surface area contributed by atoms with E-state index in [2.05, 4.69) is 15.9 Å². The quantitative estimate of drug-likeness (QED) is 0.548. The molecule has 0 saturated carbocycles. The highest BCUT2D eigenvalue weighted by Gasteiger charge is 2.22.